The molecule has 13 aromatic rings. The minimum Gasteiger partial charge on any atom is -0.455 e. The Balaban J connectivity index is 0.920. The van der Waals surface area contributed by atoms with E-state index >= 15 is 0 Å². The molecule has 0 unspecified atom stereocenters. The van der Waals surface area contributed by atoms with E-state index in [9.17, 15) is 0 Å². The summed E-state index contributed by atoms with van der Waals surface area (Å²) in [4.78, 5) is 2.36. The van der Waals surface area contributed by atoms with Crippen LogP contribution in [0.15, 0.2) is 223 Å². The number of nitrogens with zero attached hydrogens (tertiary/aromatic N) is 2. The molecule has 0 bridgehead atoms. The average molecular weight is 809 g/mol. The Hall–Kier alpha value is -7.92. The van der Waals surface area contributed by atoms with Gasteiger partial charge in [-0.05, 0) is 119 Å². The Morgan fingerprint density at radius 2 is 0.968 bits per heavy atom. The fourth-order valence-electron chi connectivity index (χ4n) is 9.69. The van der Waals surface area contributed by atoms with Crippen molar-refractivity contribution in [2.24, 2.45) is 0 Å². The lowest BCUT2D eigenvalue weighted by Crippen LogP contribution is -2.10. The highest BCUT2D eigenvalue weighted by Gasteiger charge is 2.18. The maximum absolute atomic E-state index is 6.56. The first-order valence-corrected chi connectivity index (χ1v) is 21.9. The van der Waals surface area contributed by atoms with Crippen LogP contribution in [0.1, 0.15) is 0 Å². The van der Waals surface area contributed by atoms with Crippen LogP contribution in [0.4, 0.5) is 17.1 Å². The molecule has 0 aliphatic heterocycles. The van der Waals surface area contributed by atoms with Crippen molar-refractivity contribution in [2.75, 3.05) is 4.90 Å². The standard InChI is InChI=1S/C58H36N2OS/c1-2-11-46-38(10-1)24-34-50-57-45(15-9-18-54(57)61-58(46)50)39-22-28-42(29-23-39)59(41-26-20-37(21-27-41)40-25-35-56-51(36-40)49-14-5-8-19-55(49)62-56)43-30-32-44(33-31-43)60-52-16-6-3-12-47(52)48-13-4-7-17-53(48)60/h1-36H. The summed E-state index contributed by atoms with van der Waals surface area (Å²) in [5, 5.41) is 9.73. The third kappa shape index (κ3) is 5.44. The van der Waals surface area contributed by atoms with Crippen molar-refractivity contribution in [1.29, 1.82) is 0 Å². The summed E-state index contributed by atoms with van der Waals surface area (Å²) in [5.74, 6) is 0. The summed E-state index contributed by atoms with van der Waals surface area (Å²) in [6.07, 6.45) is 0. The minimum atomic E-state index is 0.898. The van der Waals surface area contributed by atoms with Gasteiger partial charge >= 0.3 is 0 Å². The summed E-state index contributed by atoms with van der Waals surface area (Å²) in [6, 6.07) is 79.2. The lowest BCUT2D eigenvalue weighted by Gasteiger charge is -2.26. The molecule has 0 aliphatic rings. The Morgan fingerprint density at radius 1 is 0.387 bits per heavy atom. The first-order valence-electron chi connectivity index (χ1n) is 21.1. The van der Waals surface area contributed by atoms with E-state index in [1.165, 1.54) is 58.5 Å². The van der Waals surface area contributed by atoms with E-state index in [1.807, 2.05) is 11.3 Å². The summed E-state index contributed by atoms with van der Waals surface area (Å²) in [6.45, 7) is 0. The second-order valence-electron chi connectivity index (χ2n) is 16.1. The lowest BCUT2D eigenvalue weighted by atomic mass is 9.98. The van der Waals surface area contributed by atoms with E-state index in [0.29, 0.717) is 0 Å². The van der Waals surface area contributed by atoms with Gasteiger partial charge in [0, 0.05) is 69.9 Å². The predicted molar refractivity (Wildman–Crippen MR) is 264 cm³/mol. The molecule has 3 heterocycles. The molecule has 0 N–H and O–H groups in total. The molecule has 0 amide bonds. The molecule has 10 aromatic carbocycles. The third-order valence-electron chi connectivity index (χ3n) is 12.6. The zero-order valence-corrected chi connectivity index (χ0v) is 34.3. The summed E-state index contributed by atoms with van der Waals surface area (Å²) < 4.78 is 11.6. The fraction of sp³-hybridized carbons (Fsp3) is 0. The van der Waals surface area contributed by atoms with Crippen LogP contribution in [0.25, 0.3) is 103 Å². The molecule has 0 atom stereocenters. The number of hydrogen-bond acceptors (Lipinski definition) is 3. The second-order valence-corrected chi connectivity index (χ2v) is 17.2. The average Bonchev–Trinajstić information content (AvgIpc) is 4.02. The largest absolute Gasteiger partial charge is 0.455 e. The lowest BCUT2D eigenvalue weighted by molar-refractivity contribution is 0.673. The van der Waals surface area contributed by atoms with E-state index in [0.717, 1.165) is 61.2 Å². The summed E-state index contributed by atoms with van der Waals surface area (Å²) >= 11 is 1.86. The van der Waals surface area contributed by atoms with Gasteiger partial charge in [0.15, 0.2) is 0 Å². The van der Waals surface area contributed by atoms with Gasteiger partial charge in [0.25, 0.3) is 0 Å². The fourth-order valence-corrected chi connectivity index (χ4v) is 10.8. The van der Waals surface area contributed by atoms with Gasteiger partial charge in [0.05, 0.1) is 11.0 Å². The molecule has 3 nitrogen and oxygen atoms in total. The predicted octanol–water partition coefficient (Wildman–Crippen LogP) is 17.0. The van der Waals surface area contributed by atoms with Crippen LogP contribution >= 0.6 is 11.3 Å². The van der Waals surface area contributed by atoms with E-state index in [-0.39, 0.29) is 0 Å². The van der Waals surface area contributed by atoms with E-state index in [1.54, 1.807) is 0 Å². The van der Waals surface area contributed by atoms with Crippen LogP contribution in [-0.2, 0) is 0 Å². The molecular weight excluding hydrogens is 773 g/mol. The molecule has 290 valence electrons. The molecule has 13 rings (SSSR count). The van der Waals surface area contributed by atoms with Gasteiger partial charge in [0.1, 0.15) is 11.2 Å². The van der Waals surface area contributed by atoms with Gasteiger partial charge in [-0.2, -0.15) is 0 Å². The number of fused-ring (bicyclic) bond motifs is 11. The second kappa shape index (κ2) is 13.8. The van der Waals surface area contributed by atoms with Gasteiger partial charge in [0.2, 0.25) is 0 Å². The maximum atomic E-state index is 6.56. The molecule has 0 radical (unpaired) electrons. The molecule has 3 aromatic heterocycles. The first-order chi connectivity index (χ1) is 30.7. The van der Waals surface area contributed by atoms with Crippen LogP contribution in [0.5, 0.6) is 0 Å². The minimum absolute atomic E-state index is 0.898. The van der Waals surface area contributed by atoms with Crippen LogP contribution in [-0.4, -0.2) is 4.57 Å². The van der Waals surface area contributed by atoms with Crippen molar-refractivity contribution in [3.63, 3.8) is 0 Å². The molecular formula is C58H36N2OS. The molecule has 0 fully saturated rings. The van der Waals surface area contributed by atoms with E-state index < -0.39 is 0 Å². The Labute approximate surface area is 361 Å². The van der Waals surface area contributed by atoms with Gasteiger partial charge in [-0.1, -0.05) is 127 Å². The van der Waals surface area contributed by atoms with Crippen molar-refractivity contribution in [2.45, 2.75) is 0 Å². The molecule has 0 aliphatic carbocycles. The molecule has 4 heteroatoms. The number of para-hydroxylation sites is 2. The van der Waals surface area contributed by atoms with Crippen molar-refractivity contribution < 1.29 is 4.42 Å². The highest BCUT2D eigenvalue weighted by Crippen LogP contribution is 2.43. The van der Waals surface area contributed by atoms with Crippen molar-refractivity contribution >= 4 is 103 Å². The normalized spacial score (nSPS) is 11.9. The first kappa shape index (κ1) is 34.9. The zero-order valence-electron chi connectivity index (χ0n) is 33.5. The Kier molecular flexibility index (Phi) is 7.78. The number of rotatable bonds is 6. The van der Waals surface area contributed by atoms with Crippen molar-refractivity contribution in [3.05, 3.63) is 218 Å². The quantitative estimate of drug-likeness (QED) is 0.167. The van der Waals surface area contributed by atoms with Crippen LogP contribution in [0, 0.1) is 0 Å². The highest BCUT2D eigenvalue weighted by molar-refractivity contribution is 7.25. The van der Waals surface area contributed by atoms with Crippen molar-refractivity contribution in [1.82, 2.24) is 4.57 Å². The van der Waals surface area contributed by atoms with Gasteiger partial charge in [-0.25, -0.2) is 0 Å². The highest BCUT2D eigenvalue weighted by atomic mass is 32.1. The number of anilines is 3. The number of aromatic nitrogens is 1. The molecule has 0 saturated heterocycles. The van der Waals surface area contributed by atoms with E-state index in [4.69, 9.17) is 4.42 Å². The number of benzene rings is 10. The SMILES string of the molecule is c1ccc2c(c1)ccc1c2oc2cccc(-c3ccc(N(c4ccc(-c5ccc6sc7ccccc7c6c5)cc4)c4ccc(-n5c6ccccc6c6ccccc65)cc4)cc3)c21. The Morgan fingerprint density at radius 3 is 1.69 bits per heavy atom. The van der Waals surface area contributed by atoms with Crippen LogP contribution < -0.4 is 4.90 Å². The maximum Gasteiger partial charge on any atom is 0.143 e. The van der Waals surface area contributed by atoms with E-state index in [2.05, 4.69) is 228 Å². The number of furan rings is 1. The van der Waals surface area contributed by atoms with Crippen LogP contribution in [0.2, 0.25) is 0 Å². The van der Waals surface area contributed by atoms with Gasteiger partial charge < -0.3 is 13.9 Å². The monoisotopic (exact) mass is 808 g/mol. The number of thiophene rings is 1. The number of hydrogen-bond donors (Lipinski definition) is 0. The van der Waals surface area contributed by atoms with Crippen LogP contribution in [0.3, 0.4) is 0 Å². The van der Waals surface area contributed by atoms with Gasteiger partial charge in [-0.3, -0.25) is 0 Å². The topological polar surface area (TPSA) is 21.3 Å². The van der Waals surface area contributed by atoms with Crippen molar-refractivity contribution in [3.8, 4) is 27.9 Å². The molecule has 0 spiro atoms. The summed E-state index contributed by atoms with van der Waals surface area (Å²) in [7, 11) is 0. The molecule has 0 saturated carbocycles. The third-order valence-corrected chi connectivity index (χ3v) is 13.8. The smallest absolute Gasteiger partial charge is 0.143 e. The molecule has 62 heavy (non-hydrogen) atoms. The van der Waals surface area contributed by atoms with Gasteiger partial charge in [-0.15, -0.1) is 11.3 Å². The zero-order chi connectivity index (χ0) is 40.7. The Bertz CT molecular complexity index is 3800. The summed E-state index contributed by atoms with van der Waals surface area (Å²) in [5.41, 5.74) is 13.3.